The summed E-state index contributed by atoms with van der Waals surface area (Å²) in [6, 6.07) is 5.95. The number of hydrogen-bond acceptors (Lipinski definition) is 4. The zero-order valence-corrected chi connectivity index (χ0v) is 12.4. The number of aliphatic hydroxyl groups is 1. The van der Waals surface area contributed by atoms with Crippen molar-refractivity contribution in [1.29, 1.82) is 0 Å². The largest absolute Gasteiger partial charge is 0.441 e. The normalized spacial score (nSPS) is 17.4. The lowest BCUT2D eigenvalue weighted by Gasteiger charge is -2.14. The van der Waals surface area contributed by atoms with Crippen LogP contribution in [-0.2, 0) is 4.74 Å². The third-order valence-electron chi connectivity index (χ3n) is 3.70. The Morgan fingerprint density at radius 2 is 2.22 bits per heavy atom. The first-order chi connectivity index (χ1) is 11.0. The molecule has 0 radical (unpaired) electrons. The van der Waals surface area contributed by atoms with Crippen LogP contribution in [0.3, 0.4) is 0 Å². The predicted molar refractivity (Wildman–Crippen MR) is 80.4 cm³/mol. The number of nitrogens with zero attached hydrogens (tertiary/aromatic N) is 2. The molecule has 3 rings (SSSR count). The lowest BCUT2D eigenvalue weighted by molar-refractivity contribution is 0.0963. The molecule has 1 amide bonds. The summed E-state index contributed by atoms with van der Waals surface area (Å²) in [5.41, 5.74) is 1.11. The molecule has 6 nitrogen and oxygen atoms in total. The highest BCUT2D eigenvalue weighted by Crippen LogP contribution is 2.25. The quantitative estimate of drug-likeness (QED) is 0.877. The Kier molecular flexibility index (Phi) is 3.87. The Balaban J connectivity index is 1.89. The molecular weight excluding hydrogens is 303 g/mol. The molecular formula is C16H15FN2O4. The van der Waals surface area contributed by atoms with E-state index in [-0.39, 0.29) is 24.6 Å². The summed E-state index contributed by atoms with van der Waals surface area (Å²) in [7, 11) is 0. The van der Waals surface area contributed by atoms with Gasteiger partial charge in [0.05, 0.1) is 24.5 Å². The van der Waals surface area contributed by atoms with Crippen molar-refractivity contribution in [2.45, 2.75) is 13.0 Å². The first-order valence-corrected chi connectivity index (χ1v) is 7.07. The van der Waals surface area contributed by atoms with Crippen molar-refractivity contribution < 1.29 is 23.8 Å². The number of rotatable bonds is 4. The van der Waals surface area contributed by atoms with Crippen molar-refractivity contribution in [3.63, 3.8) is 0 Å². The van der Waals surface area contributed by atoms with Gasteiger partial charge in [0, 0.05) is 18.0 Å². The first kappa shape index (κ1) is 15.2. The molecule has 0 saturated carbocycles. The Bertz CT molecular complexity index is 771. The summed E-state index contributed by atoms with van der Waals surface area (Å²) < 4.78 is 20.8. The smallest absolute Gasteiger partial charge is 0.414 e. The molecule has 0 bridgehead atoms. The van der Waals surface area contributed by atoms with Gasteiger partial charge in [0.2, 0.25) is 0 Å². The number of aliphatic hydroxyl groups excluding tert-OH is 1. The van der Waals surface area contributed by atoms with Gasteiger partial charge in [-0.1, -0.05) is 0 Å². The van der Waals surface area contributed by atoms with Crippen molar-refractivity contribution in [3.05, 3.63) is 48.0 Å². The first-order valence-electron chi connectivity index (χ1n) is 7.07. The van der Waals surface area contributed by atoms with Crippen LogP contribution in [0.4, 0.5) is 14.9 Å². The minimum atomic E-state index is -0.615. The number of halogens is 1. The van der Waals surface area contributed by atoms with Gasteiger partial charge < -0.3 is 14.4 Å². The molecule has 1 saturated heterocycles. The van der Waals surface area contributed by atoms with Gasteiger partial charge >= 0.3 is 6.09 Å². The molecule has 0 unspecified atom stereocenters. The highest BCUT2D eigenvalue weighted by Gasteiger charge is 2.32. The lowest BCUT2D eigenvalue weighted by Crippen LogP contribution is -2.25. The number of aromatic nitrogens is 1. The van der Waals surface area contributed by atoms with Crippen LogP contribution in [0.15, 0.2) is 36.7 Å². The third kappa shape index (κ3) is 2.83. The number of carbonyl (C=O) groups excluding carboxylic acids is 2. The van der Waals surface area contributed by atoms with E-state index in [1.807, 2.05) is 0 Å². The van der Waals surface area contributed by atoms with E-state index in [9.17, 15) is 14.0 Å². The minimum Gasteiger partial charge on any atom is -0.441 e. The van der Waals surface area contributed by atoms with Gasteiger partial charge in [0.1, 0.15) is 11.9 Å². The summed E-state index contributed by atoms with van der Waals surface area (Å²) in [6.45, 7) is 1.34. The highest BCUT2D eigenvalue weighted by molar-refractivity contribution is 5.94. The molecule has 2 aromatic rings. The molecule has 1 aliphatic heterocycles. The van der Waals surface area contributed by atoms with E-state index in [4.69, 9.17) is 9.84 Å². The number of cyclic esters (lactones) is 1. The monoisotopic (exact) mass is 318 g/mol. The molecule has 2 heterocycles. The maximum absolute atomic E-state index is 14.4. The standard InChI is InChI=1S/C16H15FN2O4/c1-10(21)11-4-5-18(7-11)15-3-2-12(6-14(15)17)19-8-13(9-20)23-16(19)22/h2-7,13,20H,8-9H2,1H3/t13-/m1/s1. The fraction of sp³-hybridized carbons (Fsp3) is 0.250. The molecule has 1 aromatic heterocycles. The molecule has 1 aromatic carbocycles. The molecule has 1 fully saturated rings. The number of amides is 1. The minimum absolute atomic E-state index is 0.101. The number of ketones is 1. The number of ether oxygens (including phenoxy) is 1. The van der Waals surface area contributed by atoms with E-state index >= 15 is 0 Å². The SMILES string of the molecule is CC(=O)c1ccn(-c2ccc(N3C[C@H](CO)OC3=O)cc2F)c1. The molecule has 7 heteroatoms. The Labute approximate surface area is 131 Å². The van der Waals surface area contributed by atoms with E-state index < -0.39 is 18.0 Å². The topological polar surface area (TPSA) is 71.8 Å². The maximum atomic E-state index is 14.4. The van der Waals surface area contributed by atoms with E-state index in [0.717, 1.165) is 0 Å². The second kappa shape index (κ2) is 5.85. The Morgan fingerprint density at radius 1 is 1.43 bits per heavy atom. The second-order valence-corrected chi connectivity index (χ2v) is 5.30. The molecule has 120 valence electrons. The fourth-order valence-electron chi connectivity index (χ4n) is 2.46. The van der Waals surface area contributed by atoms with Crippen molar-refractivity contribution in [2.75, 3.05) is 18.1 Å². The maximum Gasteiger partial charge on any atom is 0.414 e. The Morgan fingerprint density at radius 3 is 2.78 bits per heavy atom. The van der Waals surface area contributed by atoms with Gasteiger partial charge in [-0.2, -0.15) is 0 Å². The van der Waals surface area contributed by atoms with Crippen LogP contribution in [0.25, 0.3) is 5.69 Å². The average Bonchev–Trinajstić information content (AvgIpc) is 3.13. The zero-order valence-electron chi connectivity index (χ0n) is 12.4. The van der Waals surface area contributed by atoms with Crippen molar-refractivity contribution in [1.82, 2.24) is 4.57 Å². The predicted octanol–water partition coefficient (Wildman–Crippen LogP) is 2.14. The molecule has 1 aliphatic rings. The summed E-state index contributed by atoms with van der Waals surface area (Å²) in [6.07, 6.45) is 1.93. The van der Waals surface area contributed by atoms with Crippen molar-refractivity contribution in [3.8, 4) is 5.69 Å². The second-order valence-electron chi connectivity index (χ2n) is 5.30. The van der Waals surface area contributed by atoms with Crippen LogP contribution in [0.2, 0.25) is 0 Å². The molecule has 0 aliphatic carbocycles. The van der Waals surface area contributed by atoms with Crippen molar-refractivity contribution in [2.24, 2.45) is 0 Å². The van der Waals surface area contributed by atoms with Crippen LogP contribution < -0.4 is 4.90 Å². The van der Waals surface area contributed by atoms with E-state index in [1.54, 1.807) is 24.5 Å². The van der Waals surface area contributed by atoms with Gasteiger partial charge in [-0.25, -0.2) is 9.18 Å². The van der Waals surface area contributed by atoms with Crippen LogP contribution in [0, 0.1) is 5.82 Å². The number of carbonyl (C=O) groups is 2. The number of Topliss-reactive ketones (excluding diaryl/α,β-unsaturated/α-hetero) is 1. The van der Waals surface area contributed by atoms with Crippen LogP contribution in [-0.4, -0.2) is 40.8 Å². The van der Waals surface area contributed by atoms with Gasteiger partial charge in [-0.3, -0.25) is 9.69 Å². The van der Waals surface area contributed by atoms with E-state index in [0.29, 0.717) is 11.3 Å². The molecule has 1 N–H and O–H groups in total. The van der Waals surface area contributed by atoms with Gasteiger partial charge in [0.15, 0.2) is 5.78 Å². The summed E-state index contributed by atoms with van der Waals surface area (Å²) in [5, 5.41) is 9.03. The number of anilines is 1. The fourth-order valence-corrected chi connectivity index (χ4v) is 2.46. The lowest BCUT2D eigenvalue weighted by atomic mass is 10.2. The summed E-state index contributed by atoms with van der Waals surface area (Å²) in [4.78, 5) is 24.3. The highest BCUT2D eigenvalue weighted by atomic mass is 19.1. The number of hydrogen-bond donors (Lipinski definition) is 1. The summed E-state index contributed by atoms with van der Waals surface area (Å²) in [5.74, 6) is -0.635. The van der Waals surface area contributed by atoms with Crippen LogP contribution >= 0.6 is 0 Å². The number of benzene rings is 1. The van der Waals surface area contributed by atoms with Crippen molar-refractivity contribution >= 4 is 17.6 Å². The van der Waals surface area contributed by atoms with E-state index in [1.165, 1.54) is 28.5 Å². The summed E-state index contributed by atoms with van der Waals surface area (Å²) >= 11 is 0. The molecule has 0 spiro atoms. The van der Waals surface area contributed by atoms with Crippen LogP contribution in [0.1, 0.15) is 17.3 Å². The molecule has 23 heavy (non-hydrogen) atoms. The van der Waals surface area contributed by atoms with Gasteiger partial charge in [-0.15, -0.1) is 0 Å². The van der Waals surface area contributed by atoms with E-state index in [2.05, 4.69) is 0 Å². The zero-order chi connectivity index (χ0) is 16.6. The van der Waals surface area contributed by atoms with Crippen LogP contribution in [0.5, 0.6) is 0 Å². The molecule has 1 atom stereocenters. The average molecular weight is 318 g/mol. The third-order valence-corrected chi connectivity index (χ3v) is 3.70. The Hall–Kier alpha value is -2.67. The van der Waals surface area contributed by atoms with Gasteiger partial charge in [0.25, 0.3) is 0 Å². The van der Waals surface area contributed by atoms with Gasteiger partial charge in [-0.05, 0) is 31.2 Å².